The van der Waals surface area contributed by atoms with E-state index < -0.39 is 173 Å². The second-order valence-electron chi connectivity index (χ2n) is 28.4. The molecule has 5 saturated heterocycles. The molecule has 0 radical (unpaired) electrons. The van der Waals surface area contributed by atoms with Gasteiger partial charge < -0.3 is 129 Å². The number of rotatable bonds is 44. The van der Waals surface area contributed by atoms with Crippen molar-refractivity contribution in [2.24, 2.45) is 0 Å². The van der Waals surface area contributed by atoms with Crippen LogP contribution < -0.4 is 0 Å². The number of hydrogen-bond donors (Lipinski definition) is 16. The Balaban J connectivity index is 1.03. The first kappa shape index (κ1) is 86.6. The predicted octanol–water partition coefficient (Wildman–Crippen LogP) is 2.65. The highest BCUT2D eigenvalue weighted by atomic mass is 16.7. The molecule has 5 fully saturated rings. The third-order valence-electron chi connectivity index (χ3n) is 19.8. The van der Waals surface area contributed by atoms with Gasteiger partial charge in [-0.3, -0.25) is 9.59 Å². The summed E-state index contributed by atoms with van der Waals surface area (Å²) < 4.78 is 58.9. The Morgan fingerprint density at radius 3 is 0.918 bits per heavy atom. The largest absolute Gasteiger partial charge is 0.463 e. The molecule has 0 aromatic rings. The van der Waals surface area contributed by atoms with Crippen molar-refractivity contribution in [3.63, 3.8) is 0 Å². The molecule has 4 bridgehead atoms. The van der Waals surface area contributed by atoms with Crippen molar-refractivity contribution in [1.29, 1.82) is 0 Å². The van der Waals surface area contributed by atoms with Gasteiger partial charge >= 0.3 is 11.9 Å². The SMILES string of the molecule is C[C@H](O)CCCCC[C@@H](CCCCCCCCCCCCC[C@H]1CC(=O)OC[C@H]2O[C@@H](O[C@@H](CCCCCCCCCCC[C@@H](CCCCC[C@H](C)O)O[C@@H]3O[C@H](CO)[C@H](O)[C@H](O)[C@H]3O)CC(=O)OC[C@H]3O[C@@H](O1)[C@H](O)[C@@H](O)[C@@H]3O)[C@H](O)[C@@H](O)[C@@H]2O)O[C@@H]1O[C@H](CO)[C@H](O)[C@H](O)[C@@H]1O. The van der Waals surface area contributed by atoms with Gasteiger partial charge in [-0.25, -0.2) is 0 Å². The van der Waals surface area contributed by atoms with Crippen LogP contribution in [0, 0.1) is 0 Å². The molecule has 0 saturated carbocycles. The van der Waals surface area contributed by atoms with Crippen molar-refractivity contribution >= 4 is 11.9 Å². The Kier molecular flexibility index (Phi) is 42.6. The number of unbranched alkanes of at least 4 members (excludes halogenated alkanes) is 22. The third kappa shape index (κ3) is 31.0. The first-order chi connectivity index (χ1) is 47.0. The molecule has 0 aromatic heterocycles. The van der Waals surface area contributed by atoms with Crippen LogP contribution in [-0.2, 0) is 57.0 Å². The van der Waals surface area contributed by atoms with Crippen LogP contribution in [0.4, 0.5) is 0 Å². The second kappa shape index (κ2) is 48.2. The minimum Gasteiger partial charge on any atom is -0.463 e. The zero-order valence-electron chi connectivity index (χ0n) is 58.3. The Hall–Kier alpha value is -2.02. The summed E-state index contributed by atoms with van der Waals surface area (Å²) in [5, 5.41) is 167. The fraction of sp³-hybridized carbons (Fsp3) is 0.971. The number of fused-ring (bicyclic) bond motifs is 4. The number of carbonyl (C=O) groups is 2. The van der Waals surface area contributed by atoms with E-state index >= 15 is 0 Å². The van der Waals surface area contributed by atoms with Crippen LogP contribution in [0.2, 0.25) is 0 Å². The van der Waals surface area contributed by atoms with Crippen molar-refractivity contribution in [1.82, 2.24) is 0 Å². The molecule has 98 heavy (non-hydrogen) atoms. The summed E-state index contributed by atoms with van der Waals surface area (Å²) >= 11 is 0. The van der Waals surface area contributed by atoms with Gasteiger partial charge in [-0.15, -0.1) is 0 Å². The fourth-order valence-electron chi connectivity index (χ4n) is 13.6. The zero-order chi connectivity index (χ0) is 71.5. The van der Waals surface area contributed by atoms with Crippen LogP contribution in [0.1, 0.15) is 245 Å². The number of hydrogen-bond acceptors (Lipinski definition) is 28. The van der Waals surface area contributed by atoms with Gasteiger partial charge in [0.25, 0.3) is 0 Å². The molecule has 5 heterocycles. The highest BCUT2D eigenvalue weighted by Crippen LogP contribution is 2.32. The Morgan fingerprint density at radius 1 is 0.337 bits per heavy atom. The van der Waals surface area contributed by atoms with Crippen molar-refractivity contribution < 1.29 is 139 Å². The molecule has 5 aliphatic rings. The highest BCUT2D eigenvalue weighted by Gasteiger charge is 2.49. The van der Waals surface area contributed by atoms with Crippen molar-refractivity contribution in [3.8, 4) is 0 Å². The van der Waals surface area contributed by atoms with E-state index in [1.165, 1.54) is 0 Å². The van der Waals surface area contributed by atoms with Gasteiger partial charge in [-0.2, -0.15) is 0 Å². The minimum atomic E-state index is -1.77. The molecule has 5 rings (SSSR count). The maximum atomic E-state index is 13.5. The van der Waals surface area contributed by atoms with Crippen molar-refractivity contribution in [2.45, 2.75) is 404 Å². The lowest BCUT2D eigenvalue weighted by Gasteiger charge is -2.42. The molecule has 0 unspecified atom stereocenters. The molecular formula is C70H128O28. The van der Waals surface area contributed by atoms with Gasteiger partial charge in [0.05, 0.1) is 62.7 Å². The first-order valence-corrected chi connectivity index (χ1v) is 37.3. The lowest BCUT2D eigenvalue weighted by Crippen LogP contribution is -2.60. The highest BCUT2D eigenvalue weighted by molar-refractivity contribution is 5.70. The minimum absolute atomic E-state index is 0.265. The maximum absolute atomic E-state index is 13.5. The number of cyclic esters (lactones) is 2. The zero-order valence-corrected chi connectivity index (χ0v) is 58.3. The van der Waals surface area contributed by atoms with E-state index in [0.717, 1.165) is 154 Å². The van der Waals surface area contributed by atoms with E-state index in [1.54, 1.807) is 13.8 Å². The first-order valence-electron chi connectivity index (χ1n) is 37.3. The average molecular weight is 1420 g/mol. The second-order valence-corrected chi connectivity index (χ2v) is 28.4. The topological polar surface area (TPSA) is 450 Å². The van der Waals surface area contributed by atoms with Crippen LogP contribution in [0.3, 0.4) is 0 Å². The monoisotopic (exact) mass is 1420 g/mol. The molecule has 576 valence electrons. The van der Waals surface area contributed by atoms with E-state index in [9.17, 15) is 91.3 Å². The lowest BCUT2D eigenvalue weighted by atomic mass is 9.98. The normalized spacial score (nSPS) is 35.2. The molecule has 0 aromatic carbocycles. The quantitative estimate of drug-likeness (QED) is 0.0308. The molecule has 16 N–H and O–H groups in total. The standard InChI is InChI=1S/C70H128O28/c1-43(73)29-21-19-27-33-45(91-67-63(85)59(81)55(77)49(39-71)95-67)31-23-15-11-7-4-3-5-8-13-17-25-35-47-37-53(75)89-41-52-58(80)62(84)66(88)70(98-52)94-48(38-54(76)90-42-51-57(79)61(83)65(87)69(93-47)97-51)36-26-18-14-10-6-9-12-16-24-32-46(34-28-20-22-30-44(2)74)92-68-64(86)60(82)56(78)50(40-72)96-68/h43-52,55-74,77-88H,3-42H2,1-2H3/t43-,44-,45+,46-,47-,48-,49+,50+,51+,52+,55-,56-,57+,58+,59-,60-,61-,62-,63-,64+,65+,66+,67+,68+,69+,70+/m0/s1. The lowest BCUT2D eigenvalue weighted by molar-refractivity contribution is -0.316. The summed E-state index contributed by atoms with van der Waals surface area (Å²) in [4.78, 5) is 27.1. The third-order valence-corrected chi connectivity index (χ3v) is 19.8. The summed E-state index contributed by atoms with van der Waals surface area (Å²) in [5.41, 5.74) is 0. The van der Waals surface area contributed by atoms with Crippen molar-refractivity contribution in [3.05, 3.63) is 0 Å². The molecular weight excluding hydrogens is 1290 g/mol. The van der Waals surface area contributed by atoms with Gasteiger partial charge in [-0.1, -0.05) is 167 Å². The van der Waals surface area contributed by atoms with Crippen molar-refractivity contribution in [2.75, 3.05) is 26.4 Å². The number of carbonyl (C=O) groups excluding carboxylic acids is 2. The van der Waals surface area contributed by atoms with E-state index in [-0.39, 0.29) is 43.7 Å². The van der Waals surface area contributed by atoms with Gasteiger partial charge in [0.1, 0.15) is 111 Å². The molecule has 0 amide bonds. The van der Waals surface area contributed by atoms with Crippen LogP contribution in [-0.4, -0.2) is 280 Å². The van der Waals surface area contributed by atoms with E-state index in [1.807, 2.05) is 0 Å². The number of aliphatic hydroxyl groups excluding tert-OH is 16. The smallest absolute Gasteiger partial charge is 0.308 e. The molecule has 28 nitrogen and oxygen atoms in total. The number of esters is 2. The number of aliphatic hydroxyl groups is 16. The van der Waals surface area contributed by atoms with Gasteiger partial charge in [0, 0.05) is 0 Å². The summed E-state index contributed by atoms with van der Waals surface area (Å²) in [6, 6.07) is 0. The summed E-state index contributed by atoms with van der Waals surface area (Å²) in [7, 11) is 0. The van der Waals surface area contributed by atoms with Crippen LogP contribution >= 0.6 is 0 Å². The predicted molar refractivity (Wildman–Crippen MR) is 352 cm³/mol. The Morgan fingerprint density at radius 2 is 0.612 bits per heavy atom. The summed E-state index contributed by atoms with van der Waals surface area (Å²) in [6.07, 6.45) is -5.60. The molecule has 5 aliphatic heterocycles. The van der Waals surface area contributed by atoms with Gasteiger partial charge in [0.2, 0.25) is 0 Å². The Labute approximate surface area is 579 Å². The van der Waals surface area contributed by atoms with Crippen LogP contribution in [0.5, 0.6) is 0 Å². The molecule has 0 aliphatic carbocycles. The fourth-order valence-corrected chi connectivity index (χ4v) is 13.6. The van der Waals surface area contributed by atoms with Gasteiger partial charge in [0.15, 0.2) is 25.2 Å². The van der Waals surface area contributed by atoms with E-state index in [0.29, 0.717) is 57.8 Å². The summed E-state index contributed by atoms with van der Waals surface area (Å²) in [6.45, 7) is 1.32. The summed E-state index contributed by atoms with van der Waals surface area (Å²) in [5.74, 6) is -1.56. The molecule has 28 heteroatoms. The van der Waals surface area contributed by atoms with Crippen LogP contribution in [0.15, 0.2) is 0 Å². The van der Waals surface area contributed by atoms with E-state index in [4.69, 9.17) is 47.4 Å². The van der Waals surface area contributed by atoms with Gasteiger partial charge in [-0.05, 0) is 65.2 Å². The molecule has 0 spiro atoms. The maximum Gasteiger partial charge on any atom is 0.308 e. The Bertz CT molecular complexity index is 2060. The molecule has 26 atom stereocenters. The van der Waals surface area contributed by atoms with Crippen LogP contribution in [0.25, 0.3) is 0 Å². The van der Waals surface area contributed by atoms with E-state index in [2.05, 4.69) is 0 Å². The number of ether oxygens (including phenoxy) is 10. The average Bonchev–Trinajstić information content (AvgIpc) is 0.825.